The van der Waals surface area contributed by atoms with Crippen LogP contribution in [0.5, 0.6) is 0 Å². The monoisotopic (exact) mass is 237 g/mol. The first-order valence-electron chi connectivity index (χ1n) is 6.16. The maximum atomic E-state index is 11.5. The van der Waals surface area contributed by atoms with E-state index in [1.54, 1.807) is 6.20 Å². The molecule has 0 amide bonds. The number of nitrogens with zero attached hydrogens (tertiary/aromatic N) is 3. The summed E-state index contributed by atoms with van der Waals surface area (Å²) >= 11 is 0. The van der Waals surface area contributed by atoms with Gasteiger partial charge in [-0.05, 0) is 25.8 Å². The average Bonchev–Trinajstić information content (AvgIpc) is 3.02. The molecule has 0 saturated heterocycles. The van der Waals surface area contributed by atoms with Gasteiger partial charge in [-0.3, -0.25) is 14.4 Å². The Labute approximate surface area is 101 Å². The Morgan fingerprint density at radius 2 is 2.41 bits per heavy atom. The van der Waals surface area contributed by atoms with Crippen LogP contribution in [0, 0.1) is 0 Å². The van der Waals surface area contributed by atoms with Gasteiger partial charge in [0.15, 0.2) is 0 Å². The van der Waals surface area contributed by atoms with E-state index in [-0.39, 0.29) is 5.97 Å². The lowest BCUT2D eigenvalue weighted by molar-refractivity contribution is -0.144. The number of aromatic nitrogens is 2. The normalized spacial score (nSPS) is 15.2. The molecule has 0 atom stereocenters. The van der Waals surface area contributed by atoms with E-state index in [1.807, 2.05) is 23.9 Å². The van der Waals surface area contributed by atoms with Crippen molar-refractivity contribution in [3.05, 3.63) is 18.5 Å². The summed E-state index contributed by atoms with van der Waals surface area (Å²) in [5.41, 5.74) is 0. The Morgan fingerprint density at radius 1 is 1.59 bits per heavy atom. The fourth-order valence-electron chi connectivity index (χ4n) is 1.87. The summed E-state index contributed by atoms with van der Waals surface area (Å²) in [6.07, 6.45) is 6.10. The topological polar surface area (TPSA) is 47.4 Å². The molecular weight excluding hydrogens is 218 g/mol. The molecule has 0 aliphatic heterocycles. The van der Waals surface area contributed by atoms with Gasteiger partial charge in [-0.1, -0.05) is 0 Å². The predicted octanol–water partition coefficient (Wildman–Crippen LogP) is 0.911. The maximum Gasteiger partial charge on any atom is 0.320 e. The molecule has 0 radical (unpaired) electrons. The molecule has 0 spiro atoms. The molecule has 0 unspecified atom stereocenters. The van der Waals surface area contributed by atoms with Crippen molar-refractivity contribution in [2.24, 2.45) is 0 Å². The second kappa shape index (κ2) is 5.82. The van der Waals surface area contributed by atoms with Crippen LogP contribution >= 0.6 is 0 Å². The van der Waals surface area contributed by atoms with Crippen LogP contribution in [0.15, 0.2) is 18.5 Å². The minimum Gasteiger partial charge on any atom is -0.465 e. The van der Waals surface area contributed by atoms with Crippen LogP contribution in [0.2, 0.25) is 0 Å². The van der Waals surface area contributed by atoms with Crippen LogP contribution in [-0.2, 0) is 16.1 Å². The second-order valence-electron chi connectivity index (χ2n) is 4.28. The van der Waals surface area contributed by atoms with Gasteiger partial charge in [-0.15, -0.1) is 0 Å². The summed E-state index contributed by atoms with van der Waals surface area (Å²) in [5.74, 6) is -0.125. The van der Waals surface area contributed by atoms with Crippen molar-refractivity contribution >= 4 is 5.97 Å². The van der Waals surface area contributed by atoms with Gasteiger partial charge in [0, 0.05) is 25.0 Å². The van der Waals surface area contributed by atoms with Crippen LogP contribution in [-0.4, -0.2) is 46.4 Å². The highest BCUT2D eigenvalue weighted by molar-refractivity contribution is 5.71. The summed E-state index contributed by atoms with van der Waals surface area (Å²) in [5, 5.41) is 4.16. The number of carbonyl (C=O) groups excluding carboxylic acids is 1. The van der Waals surface area contributed by atoms with Crippen LogP contribution < -0.4 is 0 Å². The number of hydrogen-bond acceptors (Lipinski definition) is 4. The van der Waals surface area contributed by atoms with Gasteiger partial charge < -0.3 is 4.74 Å². The molecule has 1 heterocycles. The highest BCUT2D eigenvalue weighted by atomic mass is 16.5. The number of rotatable bonds is 7. The van der Waals surface area contributed by atoms with Crippen molar-refractivity contribution in [3.8, 4) is 0 Å². The molecule has 1 aromatic rings. The third-order valence-electron chi connectivity index (χ3n) is 2.88. The van der Waals surface area contributed by atoms with Crippen molar-refractivity contribution in [1.82, 2.24) is 14.7 Å². The second-order valence-corrected chi connectivity index (χ2v) is 4.28. The van der Waals surface area contributed by atoms with Crippen molar-refractivity contribution in [1.29, 1.82) is 0 Å². The Balaban J connectivity index is 1.78. The van der Waals surface area contributed by atoms with E-state index in [1.165, 1.54) is 12.8 Å². The summed E-state index contributed by atoms with van der Waals surface area (Å²) in [4.78, 5) is 13.7. The summed E-state index contributed by atoms with van der Waals surface area (Å²) in [6.45, 7) is 4.37. The van der Waals surface area contributed by atoms with Crippen LogP contribution in [0.3, 0.4) is 0 Å². The minimum atomic E-state index is -0.125. The third kappa shape index (κ3) is 3.85. The number of carbonyl (C=O) groups is 1. The Morgan fingerprint density at radius 3 is 3.00 bits per heavy atom. The molecule has 0 aromatic carbocycles. The van der Waals surface area contributed by atoms with Crippen molar-refractivity contribution in [2.45, 2.75) is 32.4 Å². The van der Waals surface area contributed by atoms with E-state index >= 15 is 0 Å². The average molecular weight is 237 g/mol. The van der Waals surface area contributed by atoms with Gasteiger partial charge >= 0.3 is 5.97 Å². The Bertz CT molecular complexity index is 347. The quantitative estimate of drug-likeness (QED) is 0.661. The highest BCUT2D eigenvalue weighted by Crippen LogP contribution is 2.26. The third-order valence-corrected chi connectivity index (χ3v) is 2.88. The molecule has 2 rings (SSSR count). The first-order valence-corrected chi connectivity index (χ1v) is 6.16. The number of hydrogen-bond donors (Lipinski definition) is 0. The Kier molecular flexibility index (Phi) is 4.14. The van der Waals surface area contributed by atoms with E-state index in [9.17, 15) is 4.79 Å². The van der Waals surface area contributed by atoms with E-state index in [4.69, 9.17) is 4.74 Å². The first kappa shape index (κ1) is 12.1. The van der Waals surface area contributed by atoms with Gasteiger partial charge in [-0.2, -0.15) is 5.10 Å². The molecule has 94 valence electrons. The SMILES string of the molecule is CCOC(=O)CN(CCn1cccn1)C1CC1. The molecule has 1 aliphatic carbocycles. The molecule has 0 N–H and O–H groups in total. The lowest BCUT2D eigenvalue weighted by Gasteiger charge is -2.20. The molecule has 0 bridgehead atoms. The van der Waals surface area contributed by atoms with E-state index < -0.39 is 0 Å². The van der Waals surface area contributed by atoms with Crippen molar-refractivity contribution in [3.63, 3.8) is 0 Å². The number of esters is 1. The molecule has 1 fully saturated rings. The lowest BCUT2D eigenvalue weighted by Crippen LogP contribution is -2.35. The first-order chi connectivity index (χ1) is 8.29. The van der Waals surface area contributed by atoms with Gasteiger partial charge in [0.2, 0.25) is 0 Å². The zero-order chi connectivity index (χ0) is 12.1. The van der Waals surface area contributed by atoms with Gasteiger partial charge in [-0.25, -0.2) is 0 Å². The fraction of sp³-hybridized carbons (Fsp3) is 0.667. The maximum absolute atomic E-state index is 11.5. The Hall–Kier alpha value is -1.36. The van der Waals surface area contributed by atoms with E-state index in [2.05, 4.69) is 10.00 Å². The van der Waals surface area contributed by atoms with E-state index in [0.717, 1.165) is 13.1 Å². The van der Waals surface area contributed by atoms with Gasteiger partial charge in [0.1, 0.15) is 0 Å². The lowest BCUT2D eigenvalue weighted by atomic mass is 10.4. The molecule has 1 aromatic heterocycles. The molecule has 5 heteroatoms. The zero-order valence-electron chi connectivity index (χ0n) is 10.2. The molecule has 1 aliphatic rings. The smallest absolute Gasteiger partial charge is 0.320 e. The molecule has 1 saturated carbocycles. The van der Waals surface area contributed by atoms with Gasteiger partial charge in [0.25, 0.3) is 0 Å². The fourth-order valence-corrected chi connectivity index (χ4v) is 1.87. The van der Waals surface area contributed by atoms with Crippen LogP contribution in [0.4, 0.5) is 0 Å². The van der Waals surface area contributed by atoms with E-state index in [0.29, 0.717) is 19.2 Å². The van der Waals surface area contributed by atoms with Crippen LogP contribution in [0.25, 0.3) is 0 Å². The number of ether oxygens (including phenoxy) is 1. The summed E-state index contributed by atoms with van der Waals surface area (Å²) in [6, 6.07) is 2.47. The minimum absolute atomic E-state index is 0.125. The highest BCUT2D eigenvalue weighted by Gasteiger charge is 2.30. The summed E-state index contributed by atoms with van der Waals surface area (Å²) in [7, 11) is 0. The molecular formula is C12H19N3O2. The summed E-state index contributed by atoms with van der Waals surface area (Å²) < 4.78 is 6.87. The van der Waals surface area contributed by atoms with Crippen molar-refractivity contribution < 1.29 is 9.53 Å². The molecule has 17 heavy (non-hydrogen) atoms. The van der Waals surface area contributed by atoms with Crippen LogP contribution in [0.1, 0.15) is 19.8 Å². The van der Waals surface area contributed by atoms with Gasteiger partial charge in [0.05, 0.1) is 19.7 Å². The standard InChI is InChI=1S/C12H19N3O2/c1-2-17-12(16)10-14(11-4-5-11)8-9-15-7-3-6-13-15/h3,6-7,11H,2,4-5,8-10H2,1H3. The predicted molar refractivity (Wildman–Crippen MR) is 63.5 cm³/mol. The molecule has 5 nitrogen and oxygen atoms in total. The largest absolute Gasteiger partial charge is 0.465 e. The van der Waals surface area contributed by atoms with Crippen molar-refractivity contribution in [2.75, 3.05) is 19.7 Å². The zero-order valence-corrected chi connectivity index (χ0v) is 10.2.